The van der Waals surface area contributed by atoms with Gasteiger partial charge >= 0.3 is 0 Å². The molecule has 2 rings (SSSR count). The van der Waals surface area contributed by atoms with E-state index >= 15 is 0 Å². The van der Waals surface area contributed by atoms with Crippen LogP contribution in [-0.4, -0.2) is 71.7 Å². The zero-order valence-electron chi connectivity index (χ0n) is 14.8. The second-order valence-corrected chi connectivity index (χ2v) is 7.88. The fourth-order valence-corrected chi connectivity index (χ4v) is 2.96. The Bertz CT molecular complexity index is 746. The van der Waals surface area contributed by atoms with Gasteiger partial charge in [0, 0.05) is 39.4 Å². The number of carbonyl (C=O) groups is 1. The van der Waals surface area contributed by atoms with Crippen LogP contribution in [0.2, 0.25) is 0 Å². The van der Waals surface area contributed by atoms with Crippen molar-refractivity contribution >= 4 is 27.6 Å². The first kappa shape index (κ1) is 19.2. The molecule has 1 aromatic carbocycles. The average Bonchev–Trinajstić information content (AvgIpc) is 2.97. The molecule has 0 unspecified atom stereocenters. The Labute approximate surface area is 149 Å². The molecule has 1 aliphatic heterocycles. The van der Waals surface area contributed by atoms with Crippen LogP contribution in [-0.2, 0) is 21.2 Å². The fraction of sp³-hybridized carbons (Fsp3) is 0.500. The molecule has 0 atom stereocenters. The Morgan fingerprint density at radius 1 is 1.28 bits per heavy atom. The van der Waals surface area contributed by atoms with E-state index in [1.165, 1.54) is 10.5 Å². The number of hydrogen-bond acceptors (Lipinski definition) is 4. The molecule has 9 heteroatoms. The quantitative estimate of drug-likeness (QED) is 0.407. The Morgan fingerprint density at radius 2 is 2.00 bits per heavy atom. The molecule has 1 amide bonds. The van der Waals surface area contributed by atoms with Crippen molar-refractivity contribution in [1.29, 1.82) is 0 Å². The van der Waals surface area contributed by atoms with E-state index in [-0.39, 0.29) is 19.0 Å². The van der Waals surface area contributed by atoms with Crippen LogP contribution in [0, 0.1) is 0 Å². The van der Waals surface area contributed by atoms with Gasteiger partial charge in [0.25, 0.3) is 0 Å². The number of nitrogens with zero attached hydrogens (tertiary/aromatic N) is 3. The van der Waals surface area contributed by atoms with Gasteiger partial charge in [-0.15, -0.1) is 0 Å². The number of guanidine groups is 1. The molecule has 0 saturated heterocycles. The van der Waals surface area contributed by atoms with Crippen molar-refractivity contribution in [2.45, 2.75) is 6.42 Å². The SMILES string of the molecule is CN(C)C(=O)CN=C(NCCNS(C)(=O)=O)N1CCc2ccccc21. The van der Waals surface area contributed by atoms with Gasteiger partial charge in [0.1, 0.15) is 6.54 Å². The maximum atomic E-state index is 11.9. The monoisotopic (exact) mass is 367 g/mol. The van der Waals surface area contributed by atoms with Gasteiger partial charge in [-0.2, -0.15) is 0 Å². The number of aliphatic imine (C=N–C) groups is 1. The number of likely N-dealkylation sites (N-methyl/N-ethyl adjacent to an activating group) is 1. The van der Waals surface area contributed by atoms with E-state index in [9.17, 15) is 13.2 Å². The van der Waals surface area contributed by atoms with Crippen LogP contribution in [0.25, 0.3) is 0 Å². The number of hydrogen-bond donors (Lipinski definition) is 2. The van der Waals surface area contributed by atoms with E-state index in [0.29, 0.717) is 12.5 Å². The van der Waals surface area contributed by atoms with E-state index in [0.717, 1.165) is 24.9 Å². The predicted molar refractivity (Wildman–Crippen MR) is 99.3 cm³/mol. The standard InChI is InChI=1S/C16H25N5O3S/c1-20(2)15(22)12-18-16(17-9-10-19-25(3,23)24)21-11-8-13-6-4-5-7-14(13)21/h4-7,19H,8-12H2,1-3H3,(H,17,18). The summed E-state index contributed by atoms with van der Waals surface area (Å²) in [6, 6.07) is 8.05. The van der Waals surface area contributed by atoms with Crippen molar-refractivity contribution in [3.8, 4) is 0 Å². The molecule has 0 radical (unpaired) electrons. The molecule has 1 heterocycles. The lowest BCUT2D eigenvalue weighted by Gasteiger charge is -2.23. The van der Waals surface area contributed by atoms with Gasteiger partial charge in [-0.25, -0.2) is 18.1 Å². The van der Waals surface area contributed by atoms with E-state index in [1.54, 1.807) is 14.1 Å². The van der Waals surface area contributed by atoms with Gasteiger partial charge in [0.05, 0.1) is 6.26 Å². The normalized spacial score (nSPS) is 14.4. The molecule has 0 saturated carbocycles. The zero-order valence-corrected chi connectivity index (χ0v) is 15.6. The highest BCUT2D eigenvalue weighted by molar-refractivity contribution is 7.88. The topological polar surface area (TPSA) is 94.1 Å². The Kier molecular flexibility index (Phi) is 6.38. The third-order valence-electron chi connectivity index (χ3n) is 3.78. The van der Waals surface area contributed by atoms with Crippen LogP contribution >= 0.6 is 0 Å². The van der Waals surface area contributed by atoms with E-state index in [4.69, 9.17) is 0 Å². The molecule has 0 aromatic heterocycles. The number of para-hydroxylation sites is 1. The van der Waals surface area contributed by atoms with E-state index in [2.05, 4.69) is 21.1 Å². The second kappa shape index (κ2) is 8.30. The summed E-state index contributed by atoms with van der Waals surface area (Å²) >= 11 is 0. The number of anilines is 1. The van der Waals surface area contributed by atoms with Crippen LogP contribution in [0.3, 0.4) is 0 Å². The lowest BCUT2D eigenvalue weighted by atomic mass is 10.2. The summed E-state index contributed by atoms with van der Waals surface area (Å²) < 4.78 is 24.7. The summed E-state index contributed by atoms with van der Waals surface area (Å²) in [6.45, 7) is 1.42. The zero-order chi connectivity index (χ0) is 18.4. The predicted octanol–water partition coefficient (Wildman–Crippen LogP) is -0.368. The number of nitrogens with one attached hydrogen (secondary N) is 2. The average molecular weight is 367 g/mol. The minimum absolute atomic E-state index is 0.0352. The van der Waals surface area contributed by atoms with Gasteiger partial charge < -0.3 is 15.1 Å². The van der Waals surface area contributed by atoms with Gasteiger partial charge in [-0.3, -0.25) is 4.79 Å². The largest absolute Gasteiger partial charge is 0.355 e. The van der Waals surface area contributed by atoms with Crippen molar-refractivity contribution < 1.29 is 13.2 Å². The Balaban J connectivity index is 2.10. The number of benzene rings is 1. The smallest absolute Gasteiger partial charge is 0.243 e. The summed E-state index contributed by atoms with van der Waals surface area (Å²) in [4.78, 5) is 19.8. The molecule has 25 heavy (non-hydrogen) atoms. The first-order valence-corrected chi connectivity index (χ1v) is 9.95. The lowest BCUT2D eigenvalue weighted by molar-refractivity contribution is -0.127. The van der Waals surface area contributed by atoms with Crippen LogP contribution < -0.4 is 14.9 Å². The maximum absolute atomic E-state index is 11.9. The van der Waals surface area contributed by atoms with Crippen LogP contribution in [0.1, 0.15) is 5.56 Å². The molecule has 1 aliphatic rings. The van der Waals surface area contributed by atoms with Crippen molar-refractivity contribution in [1.82, 2.24) is 14.9 Å². The second-order valence-electron chi connectivity index (χ2n) is 6.05. The van der Waals surface area contributed by atoms with Gasteiger partial charge in [0.15, 0.2) is 5.96 Å². The van der Waals surface area contributed by atoms with Crippen molar-refractivity contribution in [2.24, 2.45) is 4.99 Å². The highest BCUT2D eigenvalue weighted by atomic mass is 32.2. The molecule has 2 N–H and O–H groups in total. The molecule has 0 aliphatic carbocycles. The molecule has 0 spiro atoms. The number of sulfonamides is 1. The third-order valence-corrected chi connectivity index (χ3v) is 4.51. The minimum Gasteiger partial charge on any atom is -0.355 e. The summed E-state index contributed by atoms with van der Waals surface area (Å²) in [5.74, 6) is 0.483. The van der Waals surface area contributed by atoms with Crippen molar-refractivity contribution in [3.63, 3.8) is 0 Å². The lowest BCUT2D eigenvalue weighted by Crippen LogP contribution is -2.44. The molecular weight excluding hydrogens is 342 g/mol. The minimum atomic E-state index is -3.23. The summed E-state index contributed by atoms with van der Waals surface area (Å²) in [7, 11) is 0.142. The summed E-state index contributed by atoms with van der Waals surface area (Å²) in [6.07, 6.45) is 2.02. The number of fused-ring (bicyclic) bond motifs is 1. The van der Waals surface area contributed by atoms with Gasteiger partial charge in [-0.1, -0.05) is 18.2 Å². The van der Waals surface area contributed by atoms with E-state index in [1.807, 2.05) is 23.1 Å². The van der Waals surface area contributed by atoms with Crippen molar-refractivity contribution in [2.75, 3.05) is 51.4 Å². The highest BCUT2D eigenvalue weighted by Crippen LogP contribution is 2.27. The molecule has 1 aromatic rings. The molecule has 0 bridgehead atoms. The third kappa shape index (κ3) is 5.71. The maximum Gasteiger partial charge on any atom is 0.243 e. The van der Waals surface area contributed by atoms with E-state index < -0.39 is 10.0 Å². The molecular formula is C16H25N5O3S. The number of amides is 1. The van der Waals surface area contributed by atoms with Gasteiger partial charge in [0.2, 0.25) is 15.9 Å². The van der Waals surface area contributed by atoms with Crippen molar-refractivity contribution in [3.05, 3.63) is 29.8 Å². The first-order valence-electron chi connectivity index (χ1n) is 8.06. The van der Waals surface area contributed by atoms with Gasteiger partial charge in [-0.05, 0) is 18.1 Å². The molecule has 138 valence electrons. The number of carbonyl (C=O) groups excluding carboxylic acids is 1. The molecule has 8 nitrogen and oxygen atoms in total. The molecule has 0 fully saturated rings. The Morgan fingerprint density at radius 3 is 2.68 bits per heavy atom. The summed E-state index contributed by atoms with van der Waals surface area (Å²) in [5, 5.41) is 3.15. The fourth-order valence-electron chi connectivity index (χ4n) is 2.49. The van der Waals surface area contributed by atoms with Crippen LogP contribution in [0.4, 0.5) is 5.69 Å². The van der Waals surface area contributed by atoms with Crippen LogP contribution in [0.15, 0.2) is 29.3 Å². The number of rotatable bonds is 6. The summed E-state index contributed by atoms with van der Waals surface area (Å²) in [5.41, 5.74) is 2.28. The highest BCUT2D eigenvalue weighted by Gasteiger charge is 2.22. The first-order chi connectivity index (χ1) is 11.8. The van der Waals surface area contributed by atoms with Crippen LogP contribution in [0.5, 0.6) is 0 Å². The Hall–Kier alpha value is -2.13.